The third kappa shape index (κ3) is 1.21. The van der Waals surface area contributed by atoms with Gasteiger partial charge in [0.1, 0.15) is 4.88 Å². The highest BCUT2D eigenvalue weighted by atomic mass is 32.1. The van der Waals surface area contributed by atoms with E-state index in [0.717, 1.165) is 14.5 Å². The predicted octanol–water partition coefficient (Wildman–Crippen LogP) is 3.92. The molecule has 0 saturated carbocycles. The molecule has 0 atom stereocenters. The van der Waals surface area contributed by atoms with Crippen LogP contribution in [0.15, 0.2) is 0 Å². The molecular weight excluding hydrogens is 219 g/mol. The zero-order valence-electron chi connectivity index (χ0n) is 8.10. The molecule has 2 rings (SSSR count). The van der Waals surface area contributed by atoms with E-state index in [1.165, 1.54) is 18.3 Å². The largest absolute Gasteiger partial charge is 0.293 e. The van der Waals surface area contributed by atoms with Gasteiger partial charge in [0.15, 0.2) is 11.6 Å². The van der Waals surface area contributed by atoms with Gasteiger partial charge in [-0.05, 0) is 13.8 Å². The highest BCUT2D eigenvalue weighted by molar-refractivity contribution is 7.25. The predicted molar refractivity (Wildman–Crippen MR) is 59.1 cm³/mol. The number of fused-ring (bicyclic) bond motifs is 1. The standard InChI is InChI=1S/C10H9FOS2/c1-4(12)9-8(11)7-5(2)13-6(3)10(7)14-9/h1-3H3. The van der Waals surface area contributed by atoms with E-state index < -0.39 is 0 Å². The molecule has 0 radical (unpaired) electrons. The van der Waals surface area contributed by atoms with Crippen LogP contribution >= 0.6 is 22.7 Å². The number of rotatable bonds is 1. The molecular formula is C10H9FOS2. The van der Waals surface area contributed by atoms with Crippen molar-refractivity contribution in [1.82, 2.24) is 0 Å². The lowest BCUT2D eigenvalue weighted by Gasteiger charge is -1.88. The number of thiophene rings is 2. The van der Waals surface area contributed by atoms with Crippen LogP contribution in [-0.2, 0) is 0 Å². The maximum absolute atomic E-state index is 13.8. The van der Waals surface area contributed by atoms with Gasteiger partial charge in [0.25, 0.3) is 0 Å². The maximum atomic E-state index is 13.8. The summed E-state index contributed by atoms with van der Waals surface area (Å²) < 4.78 is 14.7. The molecule has 2 aromatic rings. The van der Waals surface area contributed by atoms with Gasteiger partial charge >= 0.3 is 0 Å². The van der Waals surface area contributed by atoms with Gasteiger partial charge in [0, 0.05) is 22.1 Å². The molecule has 2 heterocycles. The molecule has 0 amide bonds. The van der Waals surface area contributed by atoms with Crippen LogP contribution in [0, 0.1) is 19.7 Å². The van der Waals surface area contributed by atoms with Crippen molar-refractivity contribution < 1.29 is 9.18 Å². The normalized spacial score (nSPS) is 11.1. The van der Waals surface area contributed by atoms with Crippen molar-refractivity contribution in [1.29, 1.82) is 0 Å². The number of halogens is 1. The summed E-state index contributed by atoms with van der Waals surface area (Å²) in [6.07, 6.45) is 0. The number of carbonyl (C=O) groups excluding carboxylic acids is 1. The van der Waals surface area contributed by atoms with Crippen LogP contribution in [0.4, 0.5) is 4.39 Å². The van der Waals surface area contributed by atoms with E-state index in [4.69, 9.17) is 0 Å². The number of carbonyl (C=O) groups is 1. The summed E-state index contributed by atoms with van der Waals surface area (Å²) in [5.41, 5.74) is 0. The van der Waals surface area contributed by atoms with Gasteiger partial charge in [-0.1, -0.05) is 0 Å². The Hall–Kier alpha value is -0.740. The van der Waals surface area contributed by atoms with Gasteiger partial charge < -0.3 is 0 Å². The zero-order valence-corrected chi connectivity index (χ0v) is 9.74. The molecule has 1 nitrogen and oxygen atoms in total. The quantitative estimate of drug-likeness (QED) is 0.676. The van der Waals surface area contributed by atoms with Gasteiger partial charge in [-0.15, -0.1) is 22.7 Å². The summed E-state index contributed by atoms with van der Waals surface area (Å²) in [6.45, 7) is 5.25. The first kappa shape index (κ1) is 9.80. The third-order valence-electron chi connectivity index (χ3n) is 2.15. The second kappa shape index (κ2) is 3.14. The Morgan fingerprint density at radius 2 is 1.86 bits per heavy atom. The molecule has 14 heavy (non-hydrogen) atoms. The Morgan fingerprint density at radius 3 is 2.36 bits per heavy atom. The second-order valence-corrected chi connectivity index (χ2v) is 5.67. The van der Waals surface area contributed by atoms with E-state index in [1.807, 2.05) is 13.8 Å². The van der Waals surface area contributed by atoms with Crippen LogP contribution in [-0.4, -0.2) is 5.78 Å². The van der Waals surface area contributed by atoms with Crippen molar-refractivity contribution in [2.75, 3.05) is 0 Å². The lowest BCUT2D eigenvalue weighted by molar-refractivity contribution is 0.101. The van der Waals surface area contributed by atoms with Crippen molar-refractivity contribution in [2.45, 2.75) is 20.8 Å². The van der Waals surface area contributed by atoms with Crippen molar-refractivity contribution in [3.8, 4) is 0 Å². The van der Waals surface area contributed by atoms with E-state index in [9.17, 15) is 9.18 Å². The first-order valence-corrected chi connectivity index (χ1v) is 5.84. The number of Topliss-reactive ketones (excluding diaryl/α,β-unsaturated/α-hetero) is 1. The number of aryl methyl sites for hydroxylation is 2. The fraction of sp³-hybridized carbons (Fsp3) is 0.300. The lowest BCUT2D eigenvalue weighted by atomic mass is 10.2. The molecule has 4 heteroatoms. The van der Waals surface area contributed by atoms with Gasteiger partial charge in [-0.25, -0.2) is 4.39 Å². The number of hydrogen-bond acceptors (Lipinski definition) is 3. The Labute approximate surface area is 89.2 Å². The molecule has 0 aromatic carbocycles. The topological polar surface area (TPSA) is 17.1 Å². The molecule has 0 N–H and O–H groups in total. The Bertz CT molecular complexity index is 522. The van der Waals surface area contributed by atoms with Gasteiger partial charge in [-0.3, -0.25) is 4.79 Å². The van der Waals surface area contributed by atoms with Crippen molar-refractivity contribution >= 4 is 38.5 Å². The van der Waals surface area contributed by atoms with Crippen LogP contribution in [0.5, 0.6) is 0 Å². The molecule has 0 unspecified atom stereocenters. The third-order valence-corrected chi connectivity index (χ3v) is 4.68. The molecule has 0 spiro atoms. The van der Waals surface area contributed by atoms with Gasteiger partial charge in [0.05, 0.1) is 4.70 Å². The SMILES string of the molecule is CC(=O)c1sc2c(C)sc(C)c2c1F. The highest BCUT2D eigenvalue weighted by Gasteiger charge is 2.19. The maximum Gasteiger partial charge on any atom is 0.172 e. The summed E-state index contributed by atoms with van der Waals surface area (Å²) in [7, 11) is 0. The fourth-order valence-electron chi connectivity index (χ4n) is 1.53. The Morgan fingerprint density at radius 1 is 1.21 bits per heavy atom. The lowest BCUT2D eigenvalue weighted by Crippen LogP contribution is -1.90. The zero-order chi connectivity index (χ0) is 10.5. The smallest absolute Gasteiger partial charge is 0.172 e. The summed E-state index contributed by atoms with van der Waals surface area (Å²) in [4.78, 5) is 13.4. The fourth-order valence-corrected chi connectivity index (χ4v) is 3.82. The van der Waals surface area contributed by atoms with Crippen molar-refractivity contribution in [2.24, 2.45) is 0 Å². The highest BCUT2D eigenvalue weighted by Crippen LogP contribution is 2.39. The minimum absolute atomic E-state index is 0.187. The summed E-state index contributed by atoms with van der Waals surface area (Å²) in [6, 6.07) is 0. The van der Waals surface area contributed by atoms with E-state index >= 15 is 0 Å². The average molecular weight is 228 g/mol. The first-order valence-electron chi connectivity index (χ1n) is 4.21. The molecule has 0 aliphatic carbocycles. The second-order valence-electron chi connectivity index (χ2n) is 3.22. The van der Waals surface area contributed by atoms with Crippen molar-refractivity contribution in [3.05, 3.63) is 20.4 Å². The minimum atomic E-state index is -0.334. The van der Waals surface area contributed by atoms with E-state index in [1.54, 1.807) is 11.3 Å². The molecule has 74 valence electrons. The molecule has 2 aromatic heterocycles. The van der Waals surface area contributed by atoms with Crippen molar-refractivity contribution in [3.63, 3.8) is 0 Å². The Kier molecular flexibility index (Phi) is 2.20. The number of hydrogen-bond donors (Lipinski definition) is 0. The van der Waals surface area contributed by atoms with Gasteiger partial charge in [-0.2, -0.15) is 0 Å². The molecule has 0 saturated heterocycles. The first-order chi connectivity index (χ1) is 6.52. The molecule has 0 fully saturated rings. The van der Waals surface area contributed by atoms with Crippen LogP contribution < -0.4 is 0 Å². The van der Waals surface area contributed by atoms with E-state index in [0.29, 0.717) is 5.39 Å². The number of ketones is 1. The molecule has 0 aliphatic rings. The average Bonchev–Trinajstić information content (AvgIpc) is 2.54. The minimum Gasteiger partial charge on any atom is -0.293 e. The van der Waals surface area contributed by atoms with Crippen LogP contribution in [0.3, 0.4) is 0 Å². The molecule has 0 aliphatic heterocycles. The van der Waals surface area contributed by atoms with Crippen LogP contribution in [0.2, 0.25) is 0 Å². The Balaban J connectivity index is 2.87. The van der Waals surface area contributed by atoms with E-state index in [2.05, 4.69) is 0 Å². The van der Waals surface area contributed by atoms with Gasteiger partial charge in [0.2, 0.25) is 0 Å². The monoisotopic (exact) mass is 228 g/mol. The van der Waals surface area contributed by atoms with Crippen LogP contribution in [0.25, 0.3) is 10.1 Å². The van der Waals surface area contributed by atoms with E-state index in [-0.39, 0.29) is 16.5 Å². The summed E-state index contributed by atoms with van der Waals surface area (Å²) in [5.74, 6) is -0.521. The summed E-state index contributed by atoms with van der Waals surface area (Å²) in [5, 5.41) is 0.641. The summed E-state index contributed by atoms with van der Waals surface area (Å²) >= 11 is 2.85. The molecule has 0 bridgehead atoms. The van der Waals surface area contributed by atoms with Crippen LogP contribution in [0.1, 0.15) is 26.3 Å².